The predicted molar refractivity (Wildman–Crippen MR) is 164 cm³/mol. The third kappa shape index (κ3) is 14.7. The van der Waals surface area contributed by atoms with Gasteiger partial charge in [0.15, 0.2) is 11.5 Å². The number of benzene rings is 1. The standard InChI is InChI=1S/C19H26N2O4.C6H15N.C5H12.C2H6/c1-3-20(14(2)23)7-6-17-10-16(12-21(17)8-9-22)15-4-5-18-19(11-15)25-13-24-18;1-4-5-6-7(2)3;1-3-5-4-2;1-2/h4-5,9,11,16-17H,3,6-8,10,12-13H2,1-2H3;4-6H2,1-3H3;3-5H2,1-2H3;1-2H3/t16-,17?;;;/m1.../s1. The van der Waals surface area contributed by atoms with Crippen molar-refractivity contribution in [3.05, 3.63) is 23.8 Å². The Hall–Kier alpha value is -2.12. The van der Waals surface area contributed by atoms with Crippen molar-refractivity contribution < 1.29 is 19.1 Å². The molecule has 2 aliphatic heterocycles. The summed E-state index contributed by atoms with van der Waals surface area (Å²) in [6.07, 6.45) is 9.56. The quantitative estimate of drug-likeness (QED) is 0.274. The van der Waals surface area contributed by atoms with Gasteiger partial charge in [-0.1, -0.05) is 66.4 Å². The Morgan fingerprint density at radius 1 is 1.00 bits per heavy atom. The third-order valence-electron chi connectivity index (χ3n) is 6.93. The van der Waals surface area contributed by atoms with Gasteiger partial charge in [0.1, 0.15) is 6.29 Å². The van der Waals surface area contributed by atoms with E-state index in [-0.39, 0.29) is 12.7 Å². The number of likely N-dealkylation sites (tertiary alicyclic amines) is 1. The van der Waals surface area contributed by atoms with Crippen LogP contribution in [0.15, 0.2) is 18.2 Å². The van der Waals surface area contributed by atoms with Gasteiger partial charge < -0.3 is 24.1 Å². The lowest BCUT2D eigenvalue weighted by Gasteiger charge is -2.25. The smallest absolute Gasteiger partial charge is 0.231 e. The minimum Gasteiger partial charge on any atom is -0.454 e. The first-order chi connectivity index (χ1) is 18.8. The maximum absolute atomic E-state index is 11.6. The van der Waals surface area contributed by atoms with E-state index < -0.39 is 0 Å². The molecule has 2 atom stereocenters. The molecule has 7 heteroatoms. The fourth-order valence-electron chi connectivity index (χ4n) is 4.68. The molecule has 0 bridgehead atoms. The Kier molecular flexibility index (Phi) is 21.4. The number of rotatable bonds is 12. The minimum absolute atomic E-state index is 0.106. The molecule has 0 N–H and O–H groups in total. The van der Waals surface area contributed by atoms with E-state index in [9.17, 15) is 9.59 Å². The largest absolute Gasteiger partial charge is 0.454 e. The number of unbranched alkanes of at least 4 members (excludes halogenated alkanes) is 3. The van der Waals surface area contributed by atoms with E-state index in [1.54, 1.807) is 6.92 Å². The Morgan fingerprint density at radius 3 is 2.13 bits per heavy atom. The molecule has 2 heterocycles. The first kappa shape index (κ1) is 36.9. The van der Waals surface area contributed by atoms with Gasteiger partial charge in [-0.3, -0.25) is 9.69 Å². The van der Waals surface area contributed by atoms with Crippen LogP contribution in [-0.2, 0) is 9.59 Å². The van der Waals surface area contributed by atoms with Crippen LogP contribution in [0.4, 0.5) is 0 Å². The van der Waals surface area contributed by atoms with Crippen molar-refractivity contribution in [1.29, 1.82) is 0 Å². The van der Waals surface area contributed by atoms with Crippen molar-refractivity contribution in [2.45, 2.75) is 105 Å². The van der Waals surface area contributed by atoms with E-state index in [1.165, 1.54) is 44.2 Å². The van der Waals surface area contributed by atoms with Crippen LogP contribution < -0.4 is 9.47 Å². The van der Waals surface area contributed by atoms with E-state index in [1.807, 2.05) is 31.7 Å². The topological polar surface area (TPSA) is 62.3 Å². The summed E-state index contributed by atoms with van der Waals surface area (Å²) in [6, 6.07) is 6.42. The maximum Gasteiger partial charge on any atom is 0.231 e. The lowest BCUT2D eigenvalue weighted by molar-refractivity contribution is -0.128. The molecule has 0 aromatic heterocycles. The van der Waals surface area contributed by atoms with Crippen molar-refractivity contribution in [2.24, 2.45) is 0 Å². The van der Waals surface area contributed by atoms with Crippen LogP contribution in [-0.4, -0.2) is 86.5 Å². The van der Waals surface area contributed by atoms with Crippen molar-refractivity contribution >= 4 is 12.2 Å². The molecule has 0 radical (unpaired) electrons. The Balaban J connectivity index is 0.000000859. The minimum atomic E-state index is 0.106. The van der Waals surface area contributed by atoms with Crippen LogP contribution in [0, 0.1) is 0 Å². The molecule has 1 amide bonds. The number of hydrogen-bond acceptors (Lipinski definition) is 6. The Labute approximate surface area is 240 Å². The van der Waals surface area contributed by atoms with Gasteiger partial charge in [0.05, 0.1) is 6.54 Å². The van der Waals surface area contributed by atoms with Crippen LogP contribution in [0.2, 0.25) is 0 Å². The molecule has 1 aromatic rings. The molecule has 1 fully saturated rings. The summed E-state index contributed by atoms with van der Waals surface area (Å²) in [7, 11) is 4.21. The van der Waals surface area contributed by atoms with E-state index in [2.05, 4.69) is 56.8 Å². The van der Waals surface area contributed by atoms with E-state index in [4.69, 9.17) is 9.47 Å². The summed E-state index contributed by atoms with van der Waals surface area (Å²) >= 11 is 0. The van der Waals surface area contributed by atoms with Gasteiger partial charge in [-0.2, -0.15) is 0 Å². The second-order valence-electron chi connectivity index (χ2n) is 10.2. The fraction of sp³-hybridized carbons (Fsp3) is 0.750. The Bertz CT molecular complexity index is 770. The lowest BCUT2D eigenvalue weighted by atomic mass is 9.95. The summed E-state index contributed by atoms with van der Waals surface area (Å²) in [5.74, 6) is 2.07. The van der Waals surface area contributed by atoms with E-state index in [0.717, 1.165) is 50.3 Å². The second kappa shape index (κ2) is 22.7. The molecular weight excluding hydrogens is 490 g/mol. The molecule has 0 saturated carbocycles. The SMILES string of the molecule is CC.CCCCC.CCCCN(C)C.CCN(CCC1C[C@@H](c2ccc3c(c2)OCO3)CN1CC=O)C(C)=O. The first-order valence-corrected chi connectivity index (χ1v) is 15.3. The van der Waals surface area contributed by atoms with Crippen LogP contribution >= 0.6 is 0 Å². The van der Waals surface area contributed by atoms with Crippen molar-refractivity contribution in [3.8, 4) is 11.5 Å². The number of ether oxygens (including phenoxy) is 2. The van der Waals surface area contributed by atoms with Crippen LogP contribution in [0.25, 0.3) is 0 Å². The van der Waals surface area contributed by atoms with Gasteiger partial charge in [-0.25, -0.2) is 0 Å². The molecule has 39 heavy (non-hydrogen) atoms. The number of carbonyl (C=O) groups is 2. The van der Waals surface area contributed by atoms with Gasteiger partial charge in [0, 0.05) is 32.6 Å². The monoisotopic (exact) mass is 549 g/mol. The lowest BCUT2D eigenvalue weighted by Crippen LogP contribution is -2.36. The van der Waals surface area contributed by atoms with Crippen LogP contribution in [0.5, 0.6) is 11.5 Å². The number of nitrogens with zero attached hydrogens (tertiary/aromatic N) is 3. The number of aldehydes is 1. The van der Waals surface area contributed by atoms with Crippen molar-refractivity contribution in [2.75, 3.05) is 53.6 Å². The molecule has 2 aliphatic rings. The third-order valence-corrected chi connectivity index (χ3v) is 6.93. The first-order valence-electron chi connectivity index (χ1n) is 15.3. The zero-order chi connectivity index (χ0) is 29.6. The molecule has 0 spiro atoms. The molecule has 1 unspecified atom stereocenters. The molecule has 3 rings (SSSR count). The highest BCUT2D eigenvalue weighted by Gasteiger charge is 2.33. The summed E-state index contributed by atoms with van der Waals surface area (Å²) in [5.41, 5.74) is 1.22. The van der Waals surface area contributed by atoms with E-state index >= 15 is 0 Å². The van der Waals surface area contributed by atoms with Gasteiger partial charge in [-0.15, -0.1) is 0 Å². The van der Waals surface area contributed by atoms with Crippen LogP contribution in [0.1, 0.15) is 105 Å². The molecular formula is C32H59N3O4. The zero-order valence-corrected chi connectivity index (χ0v) is 26.6. The normalized spacial score (nSPS) is 17.3. The average molecular weight is 550 g/mol. The van der Waals surface area contributed by atoms with Gasteiger partial charge >= 0.3 is 0 Å². The summed E-state index contributed by atoms with van der Waals surface area (Å²) < 4.78 is 10.9. The van der Waals surface area contributed by atoms with Gasteiger partial charge in [0.25, 0.3) is 0 Å². The van der Waals surface area contributed by atoms with E-state index in [0.29, 0.717) is 18.5 Å². The van der Waals surface area contributed by atoms with Gasteiger partial charge in [0.2, 0.25) is 12.7 Å². The number of fused-ring (bicyclic) bond motifs is 1. The zero-order valence-electron chi connectivity index (χ0n) is 26.6. The maximum atomic E-state index is 11.6. The molecule has 226 valence electrons. The highest BCUT2D eigenvalue weighted by Crippen LogP contribution is 2.39. The highest BCUT2D eigenvalue weighted by molar-refractivity contribution is 5.73. The summed E-state index contributed by atoms with van der Waals surface area (Å²) in [5, 5.41) is 0. The molecule has 1 saturated heterocycles. The number of amides is 1. The molecule has 0 aliphatic carbocycles. The second-order valence-corrected chi connectivity index (χ2v) is 10.2. The predicted octanol–water partition coefficient (Wildman–Crippen LogP) is 6.60. The summed E-state index contributed by atoms with van der Waals surface area (Å²) in [6.45, 7) is 18.5. The molecule has 7 nitrogen and oxygen atoms in total. The van der Waals surface area contributed by atoms with Crippen LogP contribution in [0.3, 0.4) is 0 Å². The molecule has 1 aromatic carbocycles. The Morgan fingerprint density at radius 2 is 1.64 bits per heavy atom. The van der Waals surface area contributed by atoms with Crippen molar-refractivity contribution in [3.63, 3.8) is 0 Å². The average Bonchev–Trinajstić information content (AvgIpc) is 3.57. The fourth-order valence-corrected chi connectivity index (χ4v) is 4.68. The summed E-state index contributed by atoms with van der Waals surface area (Å²) in [4.78, 5) is 29.0. The number of hydrogen-bond donors (Lipinski definition) is 0. The highest BCUT2D eigenvalue weighted by atomic mass is 16.7. The number of carbonyl (C=O) groups excluding carboxylic acids is 2. The van der Waals surface area contributed by atoms with Gasteiger partial charge in [-0.05, 0) is 70.4 Å². The van der Waals surface area contributed by atoms with Crippen molar-refractivity contribution in [1.82, 2.24) is 14.7 Å².